The molecule has 20 heavy (non-hydrogen) atoms. The summed E-state index contributed by atoms with van der Waals surface area (Å²) in [6, 6.07) is 4.62. The Balaban J connectivity index is 2.96. The second-order valence-electron chi connectivity index (χ2n) is 3.95. The van der Waals surface area contributed by atoms with Gasteiger partial charge >= 0.3 is 5.97 Å². The van der Waals surface area contributed by atoms with Crippen molar-refractivity contribution in [2.75, 3.05) is 12.0 Å². The Labute approximate surface area is 116 Å². The molecule has 1 rings (SSSR count). The van der Waals surface area contributed by atoms with E-state index in [1.165, 1.54) is 6.07 Å². The van der Waals surface area contributed by atoms with Crippen LogP contribution in [0.2, 0.25) is 0 Å². The Hall–Kier alpha value is -2.44. The molecule has 0 fully saturated rings. The van der Waals surface area contributed by atoms with Crippen molar-refractivity contribution in [3.05, 3.63) is 33.9 Å². The smallest absolute Gasteiger partial charge is 0.354 e. The molecule has 0 aliphatic carbocycles. The van der Waals surface area contributed by atoms with Gasteiger partial charge in [-0.15, -0.1) is 0 Å². The minimum absolute atomic E-state index is 0.000571. The van der Waals surface area contributed by atoms with Gasteiger partial charge in [-0.2, -0.15) is 5.10 Å². The molecule has 7 heteroatoms. The van der Waals surface area contributed by atoms with Crippen molar-refractivity contribution in [1.29, 1.82) is 0 Å². The number of nitro groups is 1. The molecule has 0 aliphatic heterocycles. The molecule has 1 aromatic carbocycles. The van der Waals surface area contributed by atoms with Crippen LogP contribution >= 0.6 is 0 Å². The van der Waals surface area contributed by atoms with Crippen LogP contribution in [0.25, 0.3) is 0 Å². The van der Waals surface area contributed by atoms with E-state index in [1.54, 1.807) is 32.9 Å². The highest BCUT2D eigenvalue weighted by molar-refractivity contribution is 6.36. The molecule has 0 saturated heterocycles. The molecule has 0 aromatic heterocycles. The van der Waals surface area contributed by atoms with Crippen molar-refractivity contribution in [2.24, 2.45) is 5.10 Å². The topological polar surface area (TPSA) is 93.8 Å². The number of nitrogens with one attached hydrogen (secondary N) is 1. The first-order chi connectivity index (χ1) is 9.51. The Morgan fingerprint density at radius 3 is 2.70 bits per heavy atom. The number of benzene rings is 1. The molecule has 0 heterocycles. The van der Waals surface area contributed by atoms with E-state index in [-0.39, 0.29) is 18.0 Å². The van der Waals surface area contributed by atoms with Gasteiger partial charge in [-0.05, 0) is 26.3 Å². The lowest BCUT2D eigenvalue weighted by atomic mass is 10.1. The molecule has 0 saturated carbocycles. The fourth-order valence-electron chi connectivity index (χ4n) is 1.55. The number of carbonyl (C=O) groups excluding carboxylic acids is 1. The van der Waals surface area contributed by atoms with E-state index >= 15 is 0 Å². The maximum atomic E-state index is 11.6. The van der Waals surface area contributed by atoms with Gasteiger partial charge < -0.3 is 4.74 Å². The van der Waals surface area contributed by atoms with Gasteiger partial charge in [-0.1, -0.05) is 13.0 Å². The summed E-state index contributed by atoms with van der Waals surface area (Å²) in [7, 11) is 0. The van der Waals surface area contributed by atoms with Crippen LogP contribution in [0.3, 0.4) is 0 Å². The first-order valence-electron chi connectivity index (χ1n) is 6.24. The summed E-state index contributed by atoms with van der Waals surface area (Å²) in [5, 5.41) is 14.8. The average Bonchev–Trinajstić information content (AvgIpc) is 2.41. The Bertz CT molecular complexity index is 540. The Morgan fingerprint density at radius 2 is 2.15 bits per heavy atom. The van der Waals surface area contributed by atoms with Crippen molar-refractivity contribution in [3.63, 3.8) is 0 Å². The fourth-order valence-corrected chi connectivity index (χ4v) is 1.55. The molecule has 1 aromatic rings. The average molecular weight is 279 g/mol. The quantitative estimate of drug-likeness (QED) is 0.374. The maximum absolute atomic E-state index is 11.6. The summed E-state index contributed by atoms with van der Waals surface area (Å²) in [5.74, 6) is -0.495. The highest BCUT2D eigenvalue weighted by Gasteiger charge is 2.14. The lowest BCUT2D eigenvalue weighted by Crippen LogP contribution is -2.18. The number of nitro benzene ring substituents is 1. The van der Waals surface area contributed by atoms with Gasteiger partial charge in [0.2, 0.25) is 0 Å². The first kappa shape index (κ1) is 15.6. The van der Waals surface area contributed by atoms with Gasteiger partial charge in [-0.3, -0.25) is 15.5 Å². The third-order valence-electron chi connectivity index (χ3n) is 2.66. The molecular weight excluding hydrogens is 262 g/mol. The van der Waals surface area contributed by atoms with Crippen LogP contribution in [0, 0.1) is 17.0 Å². The van der Waals surface area contributed by atoms with Crippen LogP contribution < -0.4 is 5.43 Å². The summed E-state index contributed by atoms with van der Waals surface area (Å²) in [6.07, 6.45) is 0.403. The highest BCUT2D eigenvalue weighted by atomic mass is 16.6. The van der Waals surface area contributed by atoms with Gasteiger partial charge in [0.15, 0.2) is 0 Å². The van der Waals surface area contributed by atoms with Crippen molar-refractivity contribution >= 4 is 23.1 Å². The number of esters is 1. The lowest BCUT2D eigenvalue weighted by molar-refractivity contribution is -0.385. The van der Waals surface area contributed by atoms with Crippen LogP contribution in [0.1, 0.15) is 25.8 Å². The van der Waals surface area contributed by atoms with Gasteiger partial charge in [0.05, 0.1) is 22.8 Å². The summed E-state index contributed by atoms with van der Waals surface area (Å²) < 4.78 is 4.86. The van der Waals surface area contributed by atoms with E-state index in [4.69, 9.17) is 4.74 Å². The van der Waals surface area contributed by atoms with Gasteiger partial charge in [0.1, 0.15) is 5.71 Å². The number of ether oxygens (including phenoxy) is 1. The molecule has 7 nitrogen and oxygen atoms in total. The highest BCUT2D eigenvalue weighted by Crippen LogP contribution is 2.24. The third kappa shape index (κ3) is 3.78. The number of rotatable bonds is 6. The zero-order chi connectivity index (χ0) is 15.1. The Kier molecular flexibility index (Phi) is 5.64. The molecule has 0 atom stereocenters. The number of carbonyl (C=O) groups is 1. The van der Waals surface area contributed by atoms with E-state index in [1.807, 2.05) is 0 Å². The summed E-state index contributed by atoms with van der Waals surface area (Å²) >= 11 is 0. The summed E-state index contributed by atoms with van der Waals surface area (Å²) in [4.78, 5) is 21.9. The van der Waals surface area contributed by atoms with E-state index in [9.17, 15) is 14.9 Å². The Morgan fingerprint density at radius 1 is 1.45 bits per heavy atom. The van der Waals surface area contributed by atoms with Crippen LogP contribution in [-0.2, 0) is 9.53 Å². The third-order valence-corrected chi connectivity index (χ3v) is 2.66. The minimum Gasteiger partial charge on any atom is -0.461 e. The summed E-state index contributed by atoms with van der Waals surface area (Å²) in [6.45, 7) is 5.38. The molecule has 0 unspecified atom stereocenters. The monoisotopic (exact) mass is 279 g/mol. The van der Waals surface area contributed by atoms with Crippen LogP contribution in [-0.4, -0.2) is 23.2 Å². The number of hydrazone groups is 1. The van der Waals surface area contributed by atoms with Gasteiger partial charge in [0.25, 0.3) is 5.69 Å². The molecule has 0 amide bonds. The van der Waals surface area contributed by atoms with Crippen molar-refractivity contribution < 1.29 is 14.5 Å². The summed E-state index contributed by atoms with van der Waals surface area (Å²) in [5.41, 5.74) is 3.85. The van der Waals surface area contributed by atoms with Crippen molar-refractivity contribution in [3.8, 4) is 0 Å². The minimum atomic E-state index is -0.495. The fraction of sp³-hybridized carbons (Fsp3) is 0.385. The predicted octanol–water partition coefficient (Wildman–Crippen LogP) is 2.64. The molecule has 0 bridgehead atoms. The second-order valence-corrected chi connectivity index (χ2v) is 3.95. The lowest BCUT2D eigenvalue weighted by Gasteiger charge is -2.07. The van der Waals surface area contributed by atoms with E-state index in [0.717, 1.165) is 0 Å². The van der Waals surface area contributed by atoms with E-state index < -0.39 is 10.9 Å². The van der Waals surface area contributed by atoms with Crippen LogP contribution in [0.5, 0.6) is 0 Å². The number of nitrogens with zero attached hydrogens (tertiary/aromatic N) is 2. The molecule has 0 aliphatic rings. The zero-order valence-electron chi connectivity index (χ0n) is 11.7. The molecular formula is C13H17N3O4. The largest absolute Gasteiger partial charge is 0.461 e. The molecule has 0 radical (unpaired) electrons. The first-order valence-corrected chi connectivity index (χ1v) is 6.24. The number of hydrogen-bond donors (Lipinski definition) is 1. The van der Waals surface area contributed by atoms with E-state index in [2.05, 4.69) is 10.5 Å². The maximum Gasteiger partial charge on any atom is 0.354 e. The molecule has 108 valence electrons. The van der Waals surface area contributed by atoms with Gasteiger partial charge in [-0.25, -0.2) is 4.79 Å². The SMILES string of the molecule is CCOC(=O)/C(CC)=N\Nc1cccc([N+](=O)[O-])c1C. The van der Waals surface area contributed by atoms with E-state index in [0.29, 0.717) is 17.7 Å². The van der Waals surface area contributed by atoms with Crippen LogP contribution in [0.4, 0.5) is 11.4 Å². The second kappa shape index (κ2) is 7.22. The normalized spacial score (nSPS) is 11.1. The van der Waals surface area contributed by atoms with Crippen molar-refractivity contribution in [2.45, 2.75) is 27.2 Å². The number of anilines is 1. The van der Waals surface area contributed by atoms with Gasteiger partial charge in [0, 0.05) is 6.07 Å². The standard InChI is InChI=1S/C13H17N3O4/c1-4-10(13(17)20-5-2)14-15-11-7-6-8-12(9(11)3)16(18)19/h6-8,15H,4-5H2,1-3H3/b14-10-. The van der Waals surface area contributed by atoms with Crippen molar-refractivity contribution in [1.82, 2.24) is 0 Å². The number of hydrogen-bond acceptors (Lipinski definition) is 6. The van der Waals surface area contributed by atoms with Crippen LogP contribution in [0.15, 0.2) is 23.3 Å². The molecule has 1 N–H and O–H groups in total. The predicted molar refractivity (Wildman–Crippen MR) is 75.8 cm³/mol. The zero-order valence-corrected chi connectivity index (χ0v) is 11.7. The molecule has 0 spiro atoms.